The Balaban J connectivity index is 1.00. The molecular formula is C45H60N10O8. The molecule has 2 fully saturated rings. The topological polar surface area (TPSA) is 225 Å². The van der Waals surface area contributed by atoms with Gasteiger partial charge in [0.1, 0.15) is 12.1 Å². The molecule has 18 heteroatoms. The van der Waals surface area contributed by atoms with Crippen molar-refractivity contribution in [3.8, 4) is 17.6 Å². The van der Waals surface area contributed by atoms with E-state index in [4.69, 9.17) is 29.4 Å². The Morgan fingerprint density at radius 1 is 0.937 bits per heavy atom. The van der Waals surface area contributed by atoms with Crippen molar-refractivity contribution in [1.82, 2.24) is 39.8 Å². The van der Waals surface area contributed by atoms with E-state index in [1.54, 1.807) is 0 Å². The molecule has 0 unspecified atom stereocenters. The van der Waals surface area contributed by atoms with Gasteiger partial charge in [0.2, 0.25) is 5.82 Å². The lowest BCUT2D eigenvalue weighted by molar-refractivity contribution is -0.126. The Hall–Kier alpha value is -5.55. The van der Waals surface area contributed by atoms with Crippen molar-refractivity contribution in [2.75, 3.05) is 92.7 Å². The lowest BCUT2D eigenvalue weighted by atomic mass is 9.90. The Morgan fingerprint density at radius 2 is 1.62 bits per heavy atom. The normalized spacial score (nSPS) is 16.6. The molecule has 338 valence electrons. The number of allylic oxidation sites excluding steroid dienone is 1. The van der Waals surface area contributed by atoms with Gasteiger partial charge < -0.3 is 44.6 Å². The second-order valence-corrected chi connectivity index (χ2v) is 15.4. The van der Waals surface area contributed by atoms with Gasteiger partial charge in [0.15, 0.2) is 5.82 Å². The minimum Gasteiger partial charge on any atom is -0.494 e. The predicted octanol–water partition coefficient (Wildman–Crippen LogP) is 3.71. The summed E-state index contributed by atoms with van der Waals surface area (Å²) in [7, 11) is 1.45. The van der Waals surface area contributed by atoms with Gasteiger partial charge in [-0.1, -0.05) is 30.3 Å². The number of nitrogens with two attached hydrogens (primary N) is 1. The summed E-state index contributed by atoms with van der Waals surface area (Å²) in [6.45, 7) is 8.94. The standard InChI is InChI=1S/C45H60N10O8/c1-3-60-22-23-62-26-27-63-25-24-61-21-20-53(35-12-10-34(47)11-13-35)17-7-16-48-44(57)42-51-31-55(52-42)43-40-39(38(59-2)30-50-43)37(29-49-40)41(56)45(58)54-18-14-33(15-19-54)36(28-46)32-8-5-4-6-9-32/h4-6,8-9,29-31,34-35,49H,3,7,10-27,47H2,1-2H3,(H,48,57). The fraction of sp³-hybridized carbons (Fsp3) is 0.533. The second kappa shape index (κ2) is 24.3. The van der Waals surface area contributed by atoms with Crippen LogP contribution in [0.3, 0.4) is 0 Å². The van der Waals surface area contributed by atoms with Gasteiger partial charge in [-0.2, -0.15) is 9.94 Å². The van der Waals surface area contributed by atoms with Crippen LogP contribution in [-0.4, -0.2) is 157 Å². The Kier molecular flexibility index (Phi) is 18.1. The first kappa shape index (κ1) is 46.9. The number of Topliss-reactive ketones (excluding diaryl/α,β-unsaturated/α-hetero) is 1. The predicted molar refractivity (Wildman–Crippen MR) is 234 cm³/mol. The number of amides is 2. The highest BCUT2D eigenvalue weighted by Crippen LogP contribution is 2.33. The molecule has 18 nitrogen and oxygen atoms in total. The molecule has 4 N–H and O–H groups in total. The number of aromatic amines is 1. The number of nitriles is 1. The number of likely N-dealkylation sites (tertiary alicyclic amines) is 1. The number of hydrogen-bond donors (Lipinski definition) is 3. The number of H-pyrrole nitrogens is 1. The highest BCUT2D eigenvalue weighted by Gasteiger charge is 2.31. The molecule has 6 rings (SSSR count). The zero-order valence-corrected chi connectivity index (χ0v) is 36.4. The lowest BCUT2D eigenvalue weighted by Crippen LogP contribution is -2.43. The number of piperidine rings is 1. The maximum Gasteiger partial charge on any atom is 0.295 e. The summed E-state index contributed by atoms with van der Waals surface area (Å²) in [5, 5.41) is 17.6. The van der Waals surface area contributed by atoms with Crippen LogP contribution in [-0.2, 0) is 23.7 Å². The molecule has 0 atom stereocenters. The second-order valence-electron chi connectivity index (χ2n) is 15.4. The van der Waals surface area contributed by atoms with E-state index in [-0.39, 0.29) is 29.0 Å². The van der Waals surface area contributed by atoms with Gasteiger partial charge in [0.05, 0.1) is 87.7 Å². The lowest BCUT2D eigenvalue weighted by Gasteiger charge is -2.36. The number of methoxy groups -OCH3 is 1. The minimum atomic E-state index is -0.707. The number of rotatable bonds is 24. The van der Waals surface area contributed by atoms with Gasteiger partial charge in [-0.15, -0.1) is 5.10 Å². The number of pyridine rings is 1. The molecule has 63 heavy (non-hydrogen) atoms. The van der Waals surface area contributed by atoms with Gasteiger partial charge in [0, 0.05) is 57.6 Å². The van der Waals surface area contributed by atoms with Gasteiger partial charge in [-0.3, -0.25) is 19.3 Å². The molecule has 1 aliphatic carbocycles. The zero-order chi connectivity index (χ0) is 44.4. The quantitative estimate of drug-likeness (QED) is 0.0395. The highest BCUT2D eigenvalue weighted by atomic mass is 16.6. The summed E-state index contributed by atoms with van der Waals surface area (Å²) in [6, 6.07) is 12.4. The van der Waals surface area contributed by atoms with Gasteiger partial charge in [0.25, 0.3) is 17.6 Å². The summed E-state index contributed by atoms with van der Waals surface area (Å²) in [5.74, 6) is -1.29. The summed E-state index contributed by atoms with van der Waals surface area (Å²) >= 11 is 0. The summed E-state index contributed by atoms with van der Waals surface area (Å²) in [5.41, 5.74) is 9.11. The van der Waals surface area contributed by atoms with Crippen LogP contribution in [0.2, 0.25) is 0 Å². The monoisotopic (exact) mass is 868 g/mol. The summed E-state index contributed by atoms with van der Waals surface area (Å²) in [6.07, 6.45) is 9.97. The van der Waals surface area contributed by atoms with Crippen LogP contribution in [0.1, 0.15) is 78.4 Å². The Bertz CT molecular complexity index is 2170. The minimum absolute atomic E-state index is 0.0463. The number of ether oxygens (including phenoxy) is 5. The smallest absolute Gasteiger partial charge is 0.295 e. The molecule has 0 bridgehead atoms. The molecule has 0 spiro atoms. The number of hydrogen-bond acceptors (Lipinski definition) is 14. The van der Waals surface area contributed by atoms with Crippen molar-refractivity contribution in [3.63, 3.8) is 0 Å². The fourth-order valence-electron chi connectivity index (χ4n) is 8.01. The fourth-order valence-corrected chi connectivity index (χ4v) is 8.01. The molecule has 1 saturated carbocycles. The molecule has 2 amide bonds. The van der Waals surface area contributed by atoms with Crippen molar-refractivity contribution in [2.45, 2.75) is 64.0 Å². The van der Waals surface area contributed by atoms with Crippen LogP contribution in [0.5, 0.6) is 5.75 Å². The number of aromatic nitrogens is 5. The van der Waals surface area contributed by atoms with Crippen LogP contribution >= 0.6 is 0 Å². The molecule has 2 aliphatic rings. The number of fused-ring (bicyclic) bond motifs is 1. The first-order chi connectivity index (χ1) is 30.8. The molecule has 1 aliphatic heterocycles. The van der Waals surface area contributed by atoms with Crippen LogP contribution in [0, 0.1) is 11.3 Å². The molecule has 1 saturated heterocycles. The number of nitrogens with zero attached hydrogens (tertiary/aromatic N) is 7. The molecular weight excluding hydrogens is 809 g/mol. The number of carbonyl (C=O) groups is 3. The van der Waals surface area contributed by atoms with E-state index < -0.39 is 17.6 Å². The van der Waals surface area contributed by atoms with Gasteiger partial charge in [-0.05, 0) is 63.0 Å². The van der Waals surface area contributed by atoms with E-state index in [1.165, 1.54) is 35.4 Å². The maximum absolute atomic E-state index is 13.8. The van der Waals surface area contributed by atoms with Crippen molar-refractivity contribution in [1.29, 1.82) is 5.26 Å². The van der Waals surface area contributed by atoms with Crippen molar-refractivity contribution in [2.24, 2.45) is 5.73 Å². The maximum atomic E-state index is 13.8. The zero-order valence-electron chi connectivity index (χ0n) is 36.4. The third-order valence-electron chi connectivity index (χ3n) is 11.4. The van der Waals surface area contributed by atoms with Crippen LogP contribution in [0.15, 0.2) is 54.6 Å². The average molecular weight is 869 g/mol. The number of carbonyl (C=O) groups excluding carboxylic acids is 3. The van der Waals surface area contributed by atoms with Crippen molar-refractivity contribution >= 4 is 34.1 Å². The Morgan fingerprint density at radius 3 is 2.29 bits per heavy atom. The summed E-state index contributed by atoms with van der Waals surface area (Å²) in [4.78, 5) is 56.4. The van der Waals surface area contributed by atoms with E-state index in [1.807, 2.05) is 37.3 Å². The molecule has 4 aromatic rings. The molecule has 0 radical (unpaired) electrons. The number of ketones is 1. The number of benzene rings is 1. The van der Waals surface area contributed by atoms with Crippen LogP contribution in [0.25, 0.3) is 22.3 Å². The highest BCUT2D eigenvalue weighted by molar-refractivity contribution is 6.45. The van der Waals surface area contributed by atoms with Gasteiger partial charge >= 0.3 is 0 Å². The average Bonchev–Trinajstić information content (AvgIpc) is 4.00. The first-order valence-corrected chi connectivity index (χ1v) is 21.9. The van der Waals surface area contributed by atoms with E-state index in [0.717, 1.165) is 49.9 Å². The SMILES string of the molecule is CCOCCOCCOCCOCCN(CCCNC(=O)c1ncn(-c2ncc(OC)c3c(C(=O)C(=O)N4CCC(=C(C#N)c5ccccc5)CC4)c[nH]c23)n1)C1CCC(N)CC1. The van der Waals surface area contributed by atoms with E-state index >= 15 is 0 Å². The third kappa shape index (κ3) is 12.8. The van der Waals surface area contributed by atoms with Gasteiger partial charge in [-0.25, -0.2) is 9.97 Å². The largest absolute Gasteiger partial charge is 0.494 e. The number of nitrogens with one attached hydrogen (secondary N) is 2. The summed E-state index contributed by atoms with van der Waals surface area (Å²) < 4.78 is 29.1. The van der Waals surface area contributed by atoms with E-state index in [2.05, 4.69) is 36.3 Å². The van der Waals surface area contributed by atoms with Crippen LogP contribution < -0.4 is 15.8 Å². The third-order valence-corrected chi connectivity index (χ3v) is 11.4. The Labute approximate surface area is 368 Å². The van der Waals surface area contributed by atoms with Crippen molar-refractivity contribution in [3.05, 3.63) is 71.6 Å². The van der Waals surface area contributed by atoms with E-state index in [9.17, 15) is 19.6 Å². The van der Waals surface area contributed by atoms with Crippen LogP contribution in [0.4, 0.5) is 0 Å². The molecule has 1 aromatic carbocycles. The van der Waals surface area contributed by atoms with Crippen molar-refractivity contribution < 1.29 is 38.1 Å². The first-order valence-electron chi connectivity index (χ1n) is 21.9. The molecule has 3 aromatic heterocycles. The van der Waals surface area contributed by atoms with E-state index in [0.29, 0.717) is 114 Å². The molecule has 4 heterocycles.